The van der Waals surface area contributed by atoms with Crippen molar-refractivity contribution >= 4 is 0 Å². The van der Waals surface area contributed by atoms with Crippen molar-refractivity contribution < 1.29 is 9.84 Å². The summed E-state index contributed by atoms with van der Waals surface area (Å²) in [6, 6.07) is 7.92. The van der Waals surface area contributed by atoms with Crippen LogP contribution < -0.4 is 4.74 Å². The second-order valence-corrected chi connectivity index (χ2v) is 6.24. The fraction of sp³-hybridized carbons (Fsp3) is 0.625. The van der Waals surface area contributed by atoms with Gasteiger partial charge in [0, 0.05) is 12.0 Å². The van der Waals surface area contributed by atoms with Crippen molar-refractivity contribution in [3.63, 3.8) is 0 Å². The predicted octanol–water partition coefficient (Wildman–Crippen LogP) is 3.70. The minimum Gasteiger partial charge on any atom is -0.487 e. The molecule has 0 aromatic heterocycles. The number of benzene rings is 1. The van der Waals surface area contributed by atoms with Gasteiger partial charge in [0.1, 0.15) is 11.4 Å². The lowest BCUT2D eigenvalue weighted by Crippen LogP contribution is -2.46. The molecule has 4 atom stereocenters. The van der Waals surface area contributed by atoms with Gasteiger partial charge in [0.15, 0.2) is 0 Å². The van der Waals surface area contributed by atoms with Crippen LogP contribution in [0.5, 0.6) is 5.75 Å². The van der Waals surface area contributed by atoms with Gasteiger partial charge in [-0.25, -0.2) is 0 Å². The summed E-state index contributed by atoms with van der Waals surface area (Å²) in [6.07, 6.45) is 3.73. The van der Waals surface area contributed by atoms with Crippen LogP contribution in [-0.2, 0) is 0 Å². The van der Waals surface area contributed by atoms with Gasteiger partial charge >= 0.3 is 0 Å². The molecule has 1 fully saturated rings. The van der Waals surface area contributed by atoms with Gasteiger partial charge in [-0.1, -0.05) is 32.0 Å². The Morgan fingerprint density at radius 3 is 2.72 bits per heavy atom. The molecule has 18 heavy (non-hydrogen) atoms. The van der Waals surface area contributed by atoms with E-state index >= 15 is 0 Å². The highest BCUT2D eigenvalue weighted by molar-refractivity contribution is 5.38. The van der Waals surface area contributed by atoms with E-state index in [0.29, 0.717) is 5.92 Å². The van der Waals surface area contributed by atoms with E-state index in [4.69, 9.17) is 4.74 Å². The molecule has 4 unspecified atom stereocenters. The molecule has 0 saturated heterocycles. The van der Waals surface area contributed by atoms with Crippen LogP contribution in [0.3, 0.4) is 0 Å². The van der Waals surface area contributed by atoms with E-state index in [-0.39, 0.29) is 11.7 Å². The summed E-state index contributed by atoms with van der Waals surface area (Å²) in [5.41, 5.74) is 0.828. The average molecular weight is 246 g/mol. The number of rotatable bonds is 0. The second kappa shape index (κ2) is 4.27. The summed E-state index contributed by atoms with van der Waals surface area (Å²) in [5.74, 6) is 2.34. The monoisotopic (exact) mass is 246 g/mol. The lowest BCUT2D eigenvalue weighted by atomic mass is 9.70. The Morgan fingerprint density at radius 1 is 1.17 bits per heavy atom. The van der Waals surface area contributed by atoms with Crippen molar-refractivity contribution in [1.82, 2.24) is 0 Å². The van der Waals surface area contributed by atoms with E-state index in [1.54, 1.807) is 0 Å². The summed E-state index contributed by atoms with van der Waals surface area (Å²) in [6.45, 7) is 4.63. The van der Waals surface area contributed by atoms with E-state index in [2.05, 4.69) is 13.8 Å². The summed E-state index contributed by atoms with van der Waals surface area (Å²) in [4.78, 5) is 0. The molecule has 0 amide bonds. The van der Waals surface area contributed by atoms with Gasteiger partial charge in [-0.3, -0.25) is 0 Å². The Morgan fingerprint density at radius 2 is 1.94 bits per heavy atom. The third-order valence-electron chi connectivity index (χ3n) is 4.89. The van der Waals surface area contributed by atoms with Crippen LogP contribution in [0.25, 0.3) is 0 Å². The number of fused-ring (bicyclic) bond motifs is 1. The first-order chi connectivity index (χ1) is 8.60. The molecule has 1 aromatic rings. The molecule has 1 heterocycles. The van der Waals surface area contributed by atoms with Gasteiger partial charge in [0.25, 0.3) is 0 Å². The molecule has 1 aromatic carbocycles. The molecule has 1 saturated carbocycles. The van der Waals surface area contributed by atoms with Crippen molar-refractivity contribution in [1.29, 1.82) is 0 Å². The normalized spacial score (nSPS) is 39.2. The van der Waals surface area contributed by atoms with Crippen LogP contribution in [0, 0.1) is 11.8 Å². The molecule has 0 bridgehead atoms. The summed E-state index contributed by atoms with van der Waals surface area (Å²) in [5, 5.41) is 10.4. The third kappa shape index (κ3) is 1.93. The molecule has 0 radical (unpaired) electrons. The molecule has 1 spiro atoms. The molecule has 2 nitrogen and oxygen atoms in total. The fourth-order valence-electron chi connectivity index (χ4n) is 3.53. The summed E-state index contributed by atoms with van der Waals surface area (Å²) in [7, 11) is 0. The van der Waals surface area contributed by atoms with Crippen LogP contribution in [0.2, 0.25) is 0 Å². The first kappa shape index (κ1) is 12.0. The van der Waals surface area contributed by atoms with Crippen LogP contribution in [0.4, 0.5) is 0 Å². The zero-order valence-corrected chi connectivity index (χ0v) is 11.2. The molecular weight excluding hydrogens is 224 g/mol. The molecule has 1 aliphatic carbocycles. The van der Waals surface area contributed by atoms with E-state index in [0.717, 1.165) is 36.5 Å². The molecule has 1 N–H and O–H groups in total. The highest BCUT2D eigenvalue weighted by Gasteiger charge is 2.44. The minimum atomic E-state index is -0.365. The third-order valence-corrected chi connectivity index (χ3v) is 4.89. The molecule has 3 rings (SSSR count). The van der Waals surface area contributed by atoms with Gasteiger partial charge in [0.05, 0.1) is 6.10 Å². The van der Waals surface area contributed by atoms with Crippen molar-refractivity contribution in [2.24, 2.45) is 11.8 Å². The largest absolute Gasteiger partial charge is 0.487 e. The number of aliphatic hydroxyl groups is 1. The topological polar surface area (TPSA) is 29.5 Å². The summed E-state index contributed by atoms with van der Waals surface area (Å²) < 4.78 is 6.29. The lowest BCUT2D eigenvalue weighted by Gasteiger charge is -2.46. The first-order valence-electron chi connectivity index (χ1n) is 7.06. The van der Waals surface area contributed by atoms with Gasteiger partial charge < -0.3 is 9.84 Å². The SMILES string of the molecule is CC1CCC2(CC(O)c3ccccc3O2)CC1C. The maximum absolute atomic E-state index is 10.4. The van der Waals surface area contributed by atoms with Gasteiger partial charge in [-0.15, -0.1) is 0 Å². The zero-order chi connectivity index (χ0) is 12.8. The Kier molecular flexibility index (Phi) is 2.86. The van der Waals surface area contributed by atoms with Crippen LogP contribution in [0.15, 0.2) is 24.3 Å². The number of aliphatic hydroxyl groups excluding tert-OH is 1. The summed E-state index contributed by atoms with van der Waals surface area (Å²) >= 11 is 0. The molecule has 98 valence electrons. The molecule has 1 aliphatic heterocycles. The lowest BCUT2D eigenvalue weighted by molar-refractivity contribution is -0.0601. The molecule has 2 aliphatic rings. The number of para-hydroxylation sites is 1. The van der Waals surface area contributed by atoms with Crippen molar-refractivity contribution in [3.8, 4) is 5.75 Å². The molecule has 2 heteroatoms. The van der Waals surface area contributed by atoms with Crippen LogP contribution in [0.1, 0.15) is 51.2 Å². The number of hydrogen-bond acceptors (Lipinski definition) is 2. The standard InChI is InChI=1S/C16H22O2/c1-11-7-8-16(9-12(11)2)10-14(17)13-5-3-4-6-15(13)18-16/h3-6,11-12,14,17H,7-10H2,1-2H3. The highest BCUT2D eigenvalue weighted by Crippen LogP contribution is 2.48. The second-order valence-electron chi connectivity index (χ2n) is 6.24. The maximum Gasteiger partial charge on any atom is 0.125 e. The van der Waals surface area contributed by atoms with Gasteiger partial charge in [-0.2, -0.15) is 0 Å². The van der Waals surface area contributed by atoms with E-state index in [1.807, 2.05) is 24.3 Å². The van der Waals surface area contributed by atoms with Crippen molar-refractivity contribution in [3.05, 3.63) is 29.8 Å². The fourth-order valence-corrected chi connectivity index (χ4v) is 3.53. The smallest absolute Gasteiger partial charge is 0.125 e. The quantitative estimate of drug-likeness (QED) is 0.756. The zero-order valence-electron chi connectivity index (χ0n) is 11.2. The van der Waals surface area contributed by atoms with Crippen LogP contribution in [-0.4, -0.2) is 10.7 Å². The number of hydrogen-bond donors (Lipinski definition) is 1. The Bertz CT molecular complexity index is 442. The van der Waals surface area contributed by atoms with E-state index in [9.17, 15) is 5.11 Å². The predicted molar refractivity (Wildman–Crippen MR) is 71.6 cm³/mol. The van der Waals surface area contributed by atoms with Gasteiger partial charge in [-0.05, 0) is 37.2 Å². The van der Waals surface area contributed by atoms with E-state index in [1.165, 1.54) is 6.42 Å². The Hall–Kier alpha value is -1.02. The van der Waals surface area contributed by atoms with Gasteiger partial charge in [0.2, 0.25) is 0 Å². The average Bonchev–Trinajstić information content (AvgIpc) is 2.35. The minimum absolute atomic E-state index is 0.125. The van der Waals surface area contributed by atoms with Crippen molar-refractivity contribution in [2.45, 2.75) is 51.2 Å². The van der Waals surface area contributed by atoms with E-state index < -0.39 is 0 Å². The number of ether oxygens (including phenoxy) is 1. The highest BCUT2D eigenvalue weighted by atomic mass is 16.5. The van der Waals surface area contributed by atoms with Crippen LogP contribution >= 0.6 is 0 Å². The Balaban J connectivity index is 1.89. The maximum atomic E-state index is 10.4. The van der Waals surface area contributed by atoms with Crippen molar-refractivity contribution in [2.75, 3.05) is 0 Å². The first-order valence-corrected chi connectivity index (χ1v) is 7.06. The Labute approximate surface area is 109 Å². The molecular formula is C16H22O2.